The van der Waals surface area contributed by atoms with Crippen LogP contribution in [-0.2, 0) is 14.3 Å². The molecule has 0 N–H and O–H groups in total. The Labute approximate surface area is 125 Å². The van der Waals surface area contributed by atoms with Crippen molar-refractivity contribution in [3.8, 4) is 0 Å². The molecule has 2 aromatic rings. The molecule has 0 unspecified atom stereocenters. The van der Waals surface area contributed by atoms with E-state index in [0.717, 1.165) is 0 Å². The van der Waals surface area contributed by atoms with Crippen molar-refractivity contribution in [2.75, 3.05) is 0 Å². The minimum absolute atomic E-state index is 0.0500. The Morgan fingerprint density at radius 1 is 1.05 bits per heavy atom. The van der Waals surface area contributed by atoms with E-state index in [9.17, 15) is 12.8 Å². The minimum Gasteiger partial charge on any atom is -0.378 e. The zero-order valence-corrected chi connectivity index (χ0v) is 12.6. The molecule has 2 aromatic carbocycles. The Kier molecular flexibility index (Phi) is 4.57. The highest BCUT2D eigenvalue weighted by Gasteiger charge is 2.18. The summed E-state index contributed by atoms with van der Waals surface area (Å²) >= 11 is 3.05. The van der Waals surface area contributed by atoms with Crippen molar-refractivity contribution in [1.29, 1.82) is 0 Å². The van der Waals surface area contributed by atoms with Crippen LogP contribution in [0, 0.1) is 5.82 Å². The van der Waals surface area contributed by atoms with Crippen molar-refractivity contribution in [2.45, 2.75) is 4.90 Å². The van der Waals surface area contributed by atoms with Crippen LogP contribution in [0.1, 0.15) is 5.56 Å². The molecule has 0 radical (unpaired) electrons. The summed E-state index contributed by atoms with van der Waals surface area (Å²) in [4.78, 5) is 1.38. The van der Waals surface area contributed by atoms with E-state index in [-0.39, 0.29) is 10.7 Å². The van der Waals surface area contributed by atoms with Crippen LogP contribution in [0.4, 0.5) is 4.39 Å². The van der Waals surface area contributed by atoms with Crippen LogP contribution in [0.5, 0.6) is 0 Å². The summed E-state index contributed by atoms with van der Waals surface area (Å²) in [5.41, 5.74) is 0.447. The SMILES string of the molecule is O=S(=O)(O/C(=C/Br)c1ccc(F)cc1)c1ccccc1. The van der Waals surface area contributed by atoms with Gasteiger partial charge in [-0.2, -0.15) is 8.42 Å². The Bertz CT molecular complexity index is 710. The van der Waals surface area contributed by atoms with Gasteiger partial charge >= 0.3 is 10.1 Å². The monoisotopic (exact) mass is 356 g/mol. The molecular weight excluding hydrogens is 347 g/mol. The highest BCUT2D eigenvalue weighted by Crippen LogP contribution is 2.24. The average molecular weight is 357 g/mol. The van der Waals surface area contributed by atoms with Crippen molar-refractivity contribution in [1.82, 2.24) is 0 Å². The second-order valence-corrected chi connectivity index (χ2v) is 5.83. The van der Waals surface area contributed by atoms with E-state index in [2.05, 4.69) is 15.9 Å². The lowest BCUT2D eigenvalue weighted by atomic mass is 10.2. The van der Waals surface area contributed by atoms with E-state index >= 15 is 0 Å². The minimum atomic E-state index is -3.92. The van der Waals surface area contributed by atoms with E-state index in [1.807, 2.05) is 0 Å². The van der Waals surface area contributed by atoms with Gasteiger partial charge in [0.15, 0.2) is 5.76 Å². The molecule has 0 heterocycles. The molecule has 0 fully saturated rings. The topological polar surface area (TPSA) is 43.4 Å². The van der Waals surface area contributed by atoms with Crippen LogP contribution in [0.2, 0.25) is 0 Å². The number of hydrogen-bond acceptors (Lipinski definition) is 3. The maximum atomic E-state index is 12.9. The van der Waals surface area contributed by atoms with E-state index in [4.69, 9.17) is 4.18 Å². The van der Waals surface area contributed by atoms with Crippen molar-refractivity contribution < 1.29 is 17.0 Å². The van der Waals surface area contributed by atoms with Gasteiger partial charge in [0, 0.05) is 10.5 Å². The predicted octanol–water partition coefficient (Wildman–Crippen LogP) is 3.92. The van der Waals surface area contributed by atoms with Gasteiger partial charge in [-0.1, -0.05) is 34.1 Å². The highest BCUT2D eigenvalue weighted by molar-refractivity contribution is 9.11. The summed E-state index contributed by atoms with van der Waals surface area (Å²) in [6.45, 7) is 0. The number of rotatable bonds is 4. The number of halogens is 2. The molecule has 0 spiro atoms. The Morgan fingerprint density at radius 2 is 1.65 bits per heavy atom. The smallest absolute Gasteiger partial charge is 0.339 e. The molecule has 20 heavy (non-hydrogen) atoms. The van der Waals surface area contributed by atoms with Crippen molar-refractivity contribution in [2.24, 2.45) is 0 Å². The summed E-state index contributed by atoms with van der Waals surface area (Å²) < 4.78 is 42.1. The first-order valence-electron chi connectivity index (χ1n) is 5.59. The third-order valence-electron chi connectivity index (χ3n) is 2.46. The van der Waals surface area contributed by atoms with Crippen LogP contribution < -0.4 is 0 Å². The van der Waals surface area contributed by atoms with Crippen LogP contribution in [0.3, 0.4) is 0 Å². The Morgan fingerprint density at radius 3 is 2.20 bits per heavy atom. The fraction of sp³-hybridized carbons (Fsp3) is 0. The number of benzene rings is 2. The lowest BCUT2D eigenvalue weighted by Crippen LogP contribution is -2.05. The van der Waals surface area contributed by atoms with Gasteiger partial charge in [-0.05, 0) is 36.4 Å². The fourth-order valence-electron chi connectivity index (χ4n) is 1.50. The van der Waals surface area contributed by atoms with E-state index in [1.54, 1.807) is 18.2 Å². The lowest BCUT2D eigenvalue weighted by molar-refractivity contribution is 0.464. The van der Waals surface area contributed by atoms with Crippen LogP contribution in [0.25, 0.3) is 5.76 Å². The predicted molar refractivity (Wildman–Crippen MR) is 78.0 cm³/mol. The van der Waals surface area contributed by atoms with Gasteiger partial charge in [-0.15, -0.1) is 0 Å². The van der Waals surface area contributed by atoms with Gasteiger partial charge in [0.1, 0.15) is 10.7 Å². The molecular formula is C14H10BrFO3S. The van der Waals surface area contributed by atoms with E-state index in [0.29, 0.717) is 5.56 Å². The molecule has 0 atom stereocenters. The molecule has 0 aliphatic rings. The molecule has 0 aliphatic heterocycles. The first-order valence-corrected chi connectivity index (χ1v) is 7.91. The molecule has 0 amide bonds. The Hall–Kier alpha value is -1.66. The second-order valence-electron chi connectivity index (χ2n) is 3.83. The van der Waals surface area contributed by atoms with Crippen LogP contribution >= 0.6 is 15.9 Å². The maximum absolute atomic E-state index is 12.9. The third kappa shape index (κ3) is 3.46. The molecule has 0 saturated carbocycles. The quantitative estimate of drug-likeness (QED) is 0.615. The molecule has 3 nitrogen and oxygen atoms in total. The summed E-state index contributed by atoms with van der Waals surface area (Å²) in [5.74, 6) is -0.331. The normalized spacial score (nSPS) is 12.2. The van der Waals surface area contributed by atoms with E-state index in [1.165, 1.54) is 41.4 Å². The average Bonchev–Trinajstić information content (AvgIpc) is 2.47. The first-order chi connectivity index (χ1) is 9.53. The summed E-state index contributed by atoms with van der Waals surface area (Å²) in [6.07, 6.45) is 0. The Balaban J connectivity index is 2.30. The molecule has 6 heteroatoms. The van der Waals surface area contributed by atoms with Crippen molar-refractivity contribution in [3.05, 3.63) is 71.0 Å². The van der Waals surface area contributed by atoms with Gasteiger partial charge in [-0.25, -0.2) is 4.39 Å². The first kappa shape index (κ1) is 14.7. The molecule has 104 valence electrons. The van der Waals surface area contributed by atoms with Crippen molar-refractivity contribution in [3.63, 3.8) is 0 Å². The third-order valence-corrected chi connectivity index (χ3v) is 4.12. The van der Waals surface area contributed by atoms with Gasteiger partial charge < -0.3 is 4.18 Å². The highest BCUT2D eigenvalue weighted by atomic mass is 79.9. The van der Waals surface area contributed by atoms with Crippen LogP contribution in [-0.4, -0.2) is 8.42 Å². The van der Waals surface area contributed by atoms with Gasteiger partial charge in [0.25, 0.3) is 0 Å². The largest absolute Gasteiger partial charge is 0.378 e. The van der Waals surface area contributed by atoms with Crippen LogP contribution in [0.15, 0.2) is 64.5 Å². The van der Waals surface area contributed by atoms with E-state index < -0.39 is 15.9 Å². The van der Waals surface area contributed by atoms with Gasteiger partial charge in [-0.3, -0.25) is 0 Å². The van der Waals surface area contributed by atoms with Gasteiger partial charge in [0.05, 0.1) is 0 Å². The summed E-state index contributed by atoms with van der Waals surface area (Å²) in [6, 6.07) is 13.1. The molecule has 0 bridgehead atoms. The van der Waals surface area contributed by atoms with Crippen molar-refractivity contribution >= 4 is 31.8 Å². The zero-order chi connectivity index (χ0) is 14.6. The van der Waals surface area contributed by atoms with Gasteiger partial charge in [0.2, 0.25) is 0 Å². The molecule has 0 saturated heterocycles. The number of hydrogen-bond donors (Lipinski definition) is 0. The lowest BCUT2D eigenvalue weighted by Gasteiger charge is -2.10. The maximum Gasteiger partial charge on any atom is 0.339 e. The molecule has 0 aliphatic carbocycles. The molecule has 0 aromatic heterocycles. The standard InChI is InChI=1S/C14H10BrFO3S/c15-10-14(11-6-8-12(16)9-7-11)19-20(17,18)13-4-2-1-3-5-13/h1-10H/b14-10+. The summed E-state index contributed by atoms with van der Waals surface area (Å²) in [7, 11) is -3.92. The second kappa shape index (κ2) is 6.19. The fourth-order valence-corrected chi connectivity index (χ4v) is 2.95. The zero-order valence-electron chi connectivity index (χ0n) is 10.2. The summed E-state index contributed by atoms with van der Waals surface area (Å²) in [5, 5.41) is 0. The molecule has 2 rings (SSSR count).